The van der Waals surface area contributed by atoms with Gasteiger partial charge in [0.15, 0.2) is 0 Å². The molecule has 0 amide bonds. The number of nitrogens with one attached hydrogen (secondary N) is 6. The van der Waals surface area contributed by atoms with E-state index in [0.29, 0.717) is 37.7 Å². The lowest BCUT2D eigenvalue weighted by molar-refractivity contribution is 0.450. The summed E-state index contributed by atoms with van der Waals surface area (Å²) < 4.78 is 0. The van der Waals surface area contributed by atoms with Crippen molar-refractivity contribution in [3.8, 4) is 11.5 Å². The Bertz CT molecular complexity index is 795. The van der Waals surface area contributed by atoms with Gasteiger partial charge in [-0.05, 0) is 52.9 Å². The summed E-state index contributed by atoms with van der Waals surface area (Å²) >= 11 is 0. The van der Waals surface area contributed by atoms with Crippen molar-refractivity contribution < 1.29 is 10.2 Å². The van der Waals surface area contributed by atoms with E-state index in [1.165, 1.54) is 11.1 Å². The second kappa shape index (κ2) is 15.8. The maximum absolute atomic E-state index is 10.7. The minimum absolute atomic E-state index is 0.395. The molecule has 8 heteroatoms. The van der Waals surface area contributed by atoms with E-state index in [1.54, 1.807) is 0 Å². The molecular weight excluding hydrogens is 452 g/mol. The molecule has 0 spiro atoms. The summed E-state index contributed by atoms with van der Waals surface area (Å²) in [6, 6.07) is 8.25. The van der Waals surface area contributed by atoms with Crippen LogP contribution in [0.2, 0.25) is 0 Å². The van der Waals surface area contributed by atoms with Crippen LogP contribution in [-0.2, 0) is 26.2 Å². The molecule has 0 saturated carbocycles. The number of rotatable bonds is 0. The Morgan fingerprint density at radius 1 is 0.444 bits per heavy atom. The van der Waals surface area contributed by atoms with Crippen LogP contribution < -0.4 is 31.9 Å². The third-order valence-electron chi connectivity index (χ3n) is 6.46. The molecule has 8 nitrogen and oxygen atoms in total. The summed E-state index contributed by atoms with van der Waals surface area (Å²) in [5.41, 5.74) is 6.16. The minimum atomic E-state index is 0.395. The van der Waals surface area contributed by atoms with Crippen LogP contribution in [0.3, 0.4) is 0 Å². The molecule has 1 aliphatic rings. The summed E-state index contributed by atoms with van der Waals surface area (Å²) in [6.45, 7) is 13.9. The van der Waals surface area contributed by atoms with E-state index < -0.39 is 0 Å². The summed E-state index contributed by atoms with van der Waals surface area (Å²) in [5.74, 6) is 0.799. The number of aryl methyl sites for hydroxylation is 2. The van der Waals surface area contributed by atoms with Gasteiger partial charge >= 0.3 is 0 Å². The van der Waals surface area contributed by atoms with E-state index in [4.69, 9.17) is 0 Å². The first-order valence-electron chi connectivity index (χ1n) is 13.4. The number of aromatic hydroxyl groups is 2. The van der Waals surface area contributed by atoms with Crippen LogP contribution in [0.4, 0.5) is 0 Å². The van der Waals surface area contributed by atoms with E-state index in [1.807, 2.05) is 0 Å². The molecule has 2 aromatic rings. The van der Waals surface area contributed by atoms with Crippen LogP contribution in [0.25, 0.3) is 0 Å². The average molecular weight is 499 g/mol. The quantitative estimate of drug-likeness (QED) is 0.277. The van der Waals surface area contributed by atoms with Crippen LogP contribution in [0.1, 0.15) is 46.2 Å². The van der Waals surface area contributed by atoms with Crippen molar-refractivity contribution in [1.82, 2.24) is 31.9 Å². The van der Waals surface area contributed by atoms with Crippen molar-refractivity contribution in [2.45, 2.75) is 52.9 Å². The van der Waals surface area contributed by atoms with Gasteiger partial charge < -0.3 is 42.1 Å². The topological polar surface area (TPSA) is 113 Å². The molecule has 1 heterocycles. The Morgan fingerprint density at radius 2 is 0.722 bits per heavy atom. The number of hydrogen-bond donors (Lipinski definition) is 8. The number of phenols is 2. The van der Waals surface area contributed by atoms with Gasteiger partial charge in [0.1, 0.15) is 11.5 Å². The molecule has 3 rings (SSSR count). The van der Waals surface area contributed by atoms with Gasteiger partial charge in [0, 0.05) is 74.6 Å². The molecule has 2 aromatic carbocycles. The molecule has 0 fully saturated rings. The zero-order valence-corrected chi connectivity index (χ0v) is 22.1. The fourth-order valence-electron chi connectivity index (χ4n) is 4.58. The zero-order chi connectivity index (χ0) is 25.6. The Kier molecular flexibility index (Phi) is 12.5. The van der Waals surface area contributed by atoms with Crippen LogP contribution in [0, 0.1) is 13.8 Å². The molecule has 0 radical (unpaired) electrons. The summed E-state index contributed by atoms with van der Waals surface area (Å²) in [7, 11) is 0. The fraction of sp³-hybridized carbons (Fsp3) is 0.571. The predicted molar refractivity (Wildman–Crippen MR) is 147 cm³/mol. The Balaban J connectivity index is 1.52. The smallest absolute Gasteiger partial charge is 0.124 e. The van der Waals surface area contributed by atoms with E-state index in [0.717, 1.165) is 87.5 Å². The highest BCUT2D eigenvalue weighted by molar-refractivity contribution is 5.44. The van der Waals surface area contributed by atoms with Crippen molar-refractivity contribution in [1.29, 1.82) is 0 Å². The van der Waals surface area contributed by atoms with Gasteiger partial charge in [-0.15, -0.1) is 0 Å². The van der Waals surface area contributed by atoms with Gasteiger partial charge in [-0.2, -0.15) is 0 Å². The van der Waals surface area contributed by atoms with Gasteiger partial charge in [0.2, 0.25) is 0 Å². The highest BCUT2D eigenvalue weighted by Gasteiger charge is 2.10. The van der Waals surface area contributed by atoms with Gasteiger partial charge in [0.05, 0.1) is 0 Å². The number of benzene rings is 2. The third-order valence-corrected chi connectivity index (χ3v) is 6.46. The van der Waals surface area contributed by atoms with Crippen molar-refractivity contribution in [3.63, 3.8) is 0 Å². The molecule has 0 aromatic heterocycles. The van der Waals surface area contributed by atoms with E-state index in [-0.39, 0.29) is 0 Å². The van der Waals surface area contributed by atoms with E-state index in [2.05, 4.69) is 70.0 Å². The molecule has 0 saturated heterocycles. The SMILES string of the molecule is Cc1cc2c(O)c(c1)CNCCCNCCNCc1cc(C)cc(c1O)CNCCNCCCNC2. The second-order valence-electron chi connectivity index (χ2n) is 9.78. The highest BCUT2D eigenvalue weighted by Crippen LogP contribution is 2.25. The molecule has 4 bridgehead atoms. The number of fused-ring (bicyclic) bond motifs is 4. The first-order valence-corrected chi connectivity index (χ1v) is 13.4. The van der Waals surface area contributed by atoms with Crippen molar-refractivity contribution >= 4 is 0 Å². The Labute approximate surface area is 216 Å². The molecule has 0 atom stereocenters. The summed E-state index contributed by atoms with van der Waals surface area (Å²) in [5, 5.41) is 42.2. The van der Waals surface area contributed by atoms with Crippen LogP contribution in [-0.4, -0.2) is 62.6 Å². The summed E-state index contributed by atoms with van der Waals surface area (Å²) in [4.78, 5) is 0. The van der Waals surface area contributed by atoms with Crippen LogP contribution in [0.5, 0.6) is 11.5 Å². The van der Waals surface area contributed by atoms with Gasteiger partial charge in [-0.1, -0.05) is 35.4 Å². The fourth-order valence-corrected chi connectivity index (χ4v) is 4.58. The number of phenolic OH excluding ortho intramolecular Hbond substituents is 2. The highest BCUT2D eigenvalue weighted by atomic mass is 16.3. The van der Waals surface area contributed by atoms with Crippen LogP contribution in [0.15, 0.2) is 24.3 Å². The monoisotopic (exact) mass is 498 g/mol. The standard InChI is InChI=1S/C28H46N6O2/c1-21-13-23-17-31-7-3-5-29-9-11-33-19-25-15-22(2)16-26(28(25)36)20-34-12-10-30-6-4-8-32-18-24(14-21)27(23)35/h13-16,29-36H,3-12,17-20H2,1-2H3. The van der Waals surface area contributed by atoms with Crippen molar-refractivity contribution in [2.75, 3.05) is 52.4 Å². The van der Waals surface area contributed by atoms with E-state index in [9.17, 15) is 10.2 Å². The molecule has 8 N–H and O–H groups in total. The molecule has 1 aliphatic heterocycles. The van der Waals surface area contributed by atoms with Crippen molar-refractivity contribution in [2.24, 2.45) is 0 Å². The Hall–Kier alpha value is -2.20. The third kappa shape index (κ3) is 9.69. The lowest BCUT2D eigenvalue weighted by Gasteiger charge is -2.15. The van der Waals surface area contributed by atoms with Gasteiger partial charge in [-0.25, -0.2) is 0 Å². The molecule has 36 heavy (non-hydrogen) atoms. The van der Waals surface area contributed by atoms with Gasteiger partial charge in [0.25, 0.3) is 0 Å². The second-order valence-corrected chi connectivity index (χ2v) is 9.78. The lowest BCUT2D eigenvalue weighted by Crippen LogP contribution is -2.30. The average Bonchev–Trinajstić information content (AvgIpc) is 2.85. The normalized spacial score (nSPS) is 18.5. The minimum Gasteiger partial charge on any atom is -0.507 e. The van der Waals surface area contributed by atoms with Crippen LogP contribution >= 0.6 is 0 Å². The first-order chi connectivity index (χ1) is 17.5. The molecule has 0 unspecified atom stereocenters. The van der Waals surface area contributed by atoms with Crippen molar-refractivity contribution in [3.05, 3.63) is 57.6 Å². The summed E-state index contributed by atoms with van der Waals surface area (Å²) in [6.07, 6.45) is 2.04. The molecule has 200 valence electrons. The van der Waals surface area contributed by atoms with Gasteiger partial charge in [-0.3, -0.25) is 0 Å². The lowest BCUT2D eigenvalue weighted by atomic mass is 10.0. The zero-order valence-electron chi connectivity index (χ0n) is 22.1. The maximum atomic E-state index is 10.7. The maximum Gasteiger partial charge on any atom is 0.124 e. The Morgan fingerprint density at radius 3 is 1.08 bits per heavy atom. The number of hydrogen-bond acceptors (Lipinski definition) is 8. The van der Waals surface area contributed by atoms with E-state index >= 15 is 0 Å². The molecule has 0 aliphatic carbocycles. The molecular formula is C28H46N6O2. The first kappa shape index (κ1) is 28.4. The largest absolute Gasteiger partial charge is 0.507 e. The predicted octanol–water partition coefficient (Wildman–Crippen LogP) is 1.75.